The van der Waals surface area contributed by atoms with E-state index in [1.54, 1.807) is 0 Å². The van der Waals surface area contributed by atoms with Crippen LogP contribution in [0.2, 0.25) is 5.02 Å². The van der Waals surface area contributed by atoms with Gasteiger partial charge in [0.25, 0.3) is 6.71 Å². The van der Waals surface area contributed by atoms with Crippen molar-refractivity contribution in [3.05, 3.63) is 464 Å². The van der Waals surface area contributed by atoms with Crippen LogP contribution in [0.3, 0.4) is 0 Å². The number of nitrogens with zero attached hydrogens (tertiary/aromatic N) is 12. The van der Waals surface area contributed by atoms with Gasteiger partial charge in [-0.3, -0.25) is 18.3 Å². The van der Waals surface area contributed by atoms with E-state index in [4.69, 9.17) is 31.5 Å². The lowest BCUT2D eigenvalue weighted by Gasteiger charge is -2.44. The molecule has 24 rings (SSSR count). The highest BCUT2D eigenvalue weighted by molar-refractivity contribution is 7.00. The van der Waals surface area contributed by atoms with Gasteiger partial charge in [-0.05, 0) is 215 Å². The summed E-state index contributed by atoms with van der Waals surface area (Å²) in [6.07, 6.45) is 3.74. The molecule has 22 aromatic rings. The lowest BCUT2D eigenvalue weighted by Crippen LogP contribution is -2.62. The van der Waals surface area contributed by atoms with Gasteiger partial charge in [-0.2, -0.15) is 0 Å². The summed E-state index contributed by atoms with van der Waals surface area (Å²) in [6, 6.07) is 151. The van der Waals surface area contributed by atoms with Gasteiger partial charge in [0.05, 0.1) is 60.5 Å². The molecule has 127 heavy (non-hydrogen) atoms. The van der Waals surface area contributed by atoms with Gasteiger partial charge in [-0.1, -0.05) is 268 Å². The summed E-state index contributed by atoms with van der Waals surface area (Å²) in [4.78, 5) is 29.9. The summed E-state index contributed by atoms with van der Waals surface area (Å²) in [5.41, 5.74) is 30.3. The number of aromatic nitrogens is 8. The third-order valence-electron chi connectivity index (χ3n) is 24.8. The molecular weight excluding hydrogens is 1570 g/mol. The highest BCUT2D eigenvalue weighted by Gasteiger charge is 2.44. The minimum absolute atomic E-state index is 0. The fourth-order valence-corrected chi connectivity index (χ4v) is 19.5. The molecule has 0 amide bonds. The second-order valence-corrected chi connectivity index (χ2v) is 32.6. The lowest BCUT2D eigenvalue weighted by atomic mass is 9.33. The van der Waals surface area contributed by atoms with E-state index in [1.807, 2.05) is 42.7 Å². The Morgan fingerprint density at radius 1 is 0.283 bits per heavy atom. The van der Waals surface area contributed by atoms with Gasteiger partial charge in [-0.15, -0.1) is 0 Å². The first-order chi connectivity index (χ1) is 62.4. The fourth-order valence-electron chi connectivity index (χ4n) is 19.2. The average Bonchev–Trinajstić information content (AvgIpc) is 1.68. The van der Waals surface area contributed by atoms with E-state index < -0.39 is 0 Å². The second kappa shape index (κ2) is 33.0. The van der Waals surface area contributed by atoms with E-state index >= 15 is 0 Å². The van der Waals surface area contributed by atoms with Gasteiger partial charge >= 0.3 is 0 Å². The van der Waals surface area contributed by atoms with Gasteiger partial charge in [0, 0.05) is 117 Å². The molecule has 12 nitrogen and oxygen atoms in total. The molecule has 0 radical (unpaired) electrons. The molecule has 0 N–H and O–H groups in total. The summed E-state index contributed by atoms with van der Waals surface area (Å²) in [6.45, 7) is 2.62. The van der Waals surface area contributed by atoms with Crippen LogP contribution in [-0.2, 0) is 26.2 Å². The number of halogens is 1. The number of rotatable bonds is 18. The number of benzene rings is 16. The minimum Gasteiger partial charge on any atom is -0.338 e. The zero-order valence-corrected chi connectivity index (χ0v) is 69.5. The van der Waals surface area contributed by atoms with Crippen LogP contribution in [0.4, 0.5) is 45.5 Å². The van der Waals surface area contributed by atoms with Gasteiger partial charge in [-0.25, -0.2) is 19.9 Å². The first kappa shape index (κ1) is 77.0. The number of anilines is 8. The Bertz CT molecular complexity index is 7800. The Morgan fingerprint density at radius 2 is 0.693 bits per heavy atom. The molecule has 6 aromatic heterocycles. The standard InChI is InChI=1S/C56H39BN6.C56H41ClN6.CH4/c1-4-17-38(18-5-1)36-60-48-31-30-40(56-59-46-24-11-13-26-49(46)62(56)41-21-8-3-9-22-41)33-44(48)57-45-35-52-43(42-23-10-12-25-47(42)63(52)54-29-14-15-32-58-54)34-53(45)61(37-39-19-6-2-7-20-39)51-28-16-27-50(60)55(51)57;57-55-52(60(38-40-17-4-1-5-18-40)43-32-30-42(31-33-43)56-59-48-24-11-13-26-51(48)62(56)44-21-8-3-9-22-44)27-16-28-53(55)61(39-41-19-6-2-7-20-41)45-34-35-50-47(37-45)46-23-10-12-25-49(46)63(50)54-29-14-15-36-58-54;/h1-35H,36-37H2;1-37H,38-39H2;1H4. The largest absolute Gasteiger partial charge is 0.338 e. The van der Waals surface area contributed by atoms with Crippen molar-refractivity contribution in [2.24, 2.45) is 0 Å². The third kappa shape index (κ3) is 13.9. The van der Waals surface area contributed by atoms with Crippen molar-refractivity contribution < 1.29 is 0 Å². The van der Waals surface area contributed by atoms with Crippen molar-refractivity contribution in [2.75, 3.05) is 19.6 Å². The number of hydrogen-bond donors (Lipinski definition) is 0. The van der Waals surface area contributed by atoms with Crippen LogP contribution in [0.1, 0.15) is 29.7 Å². The molecule has 0 saturated carbocycles. The molecule has 2 aliphatic heterocycles. The number of fused-ring (bicyclic) bond motifs is 12. The monoisotopic (exact) mass is 1650 g/mol. The topological polar surface area (TPSA) is 84.2 Å². The van der Waals surface area contributed by atoms with E-state index in [0.717, 1.165) is 137 Å². The number of hydrogen-bond acceptors (Lipinski definition) is 8. The van der Waals surface area contributed by atoms with Crippen LogP contribution in [0.25, 0.3) is 111 Å². The van der Waals surface area contributed by atoms with Crippen LogP contribution in [0, 0.1) is 0 Å². The average molecular weight is 1660 g/mol. The summed E-state index contributed by atoms with van der Waals surface area (Å²) in [5, 5.41) is 5.39. The number of imidazole rings is 2. The van der Waals surface area contributed by atoms with Crippen molar-refractivity contribution in [1.82, 2.24) is 38.2 Å². The predicted molar refractivity (Wildman–Crippen MR) is 529 cm³/mol. The molecule has 0 saturated heterocycles. The first-order valence-electron chi connectivity index (χ1n) is 42.9. The summed E-state index contributed by atoms with van der Waals surface area (Å²) in [7, 11) is 0. The zero-order valence-electron chi connectivity index (χ0n) is 68.7. The maximum atomic E-state index is 7.78. The summed E-state index contributed by atoms with van der Waals surface area (Å²) >= 11 is 7.78. The Kier molecular flexibility index (Phi) is 20.0. The zero-order chi connectivity index (χ0) is 83.5. The Hall–Kier alpha value is -16.1. The van der Waals surface area contributed by atoms with Crippen molar-refractivity contribution >= 4 is 146 Å². The van der Waals surface area contributed by atoms with Crippen LogP contribution >= 0.6 is 11.6 Å². The molecule has 0 bridgehead atoms. The van der Waals surface area contributed by atoms with E-state index in [2.05, 4.69) is 432 Å². The maximum Gasteiger partial charge on any atom is 0.252 e. The molecule has 14 heteroatoms. The molecule has 0 aliphatic carbocycles. The summed E-state index contributed by atoms with van der Waals surface area (Å²) < 4.78 is 9.14. The van der Waals surface area contributed by atoms with Crippen LogP contribution in [-0.4, -0.2) is 44.9 Å². The van der Waals surface area contributed by atoms with Crippen molar-refractivity contribution in [2.45, 2.75) is 33.6 Å². The number of pyridine rings is 2. The van der Waals surface area contributed by atoms with Crippen LogP contribution in [0.15, 0.2) is 437 Å². The van der Waals surface area contributed by atoms with Crippen molar-refractivity contribution in [3.63, 3.8) is 0 Å². The van der Waals surface area contributed by atoms with E-state index in [1.165, 1.54) is 72.2 Å². The van der Waals surface area contributed by atoms with Crippen LogP contribution in [0.5, 0.6) is 0 Å². The van der Waals surface area contributed by atoms with Gasteiger partial charge in [0.1, 0.15) is 23.3 Å². The van der Waals surface area contributed by atoms with Crippen molar-refractivity contribution in [1.29, 1.82) is 0 Å². The second-order valence-electron chi connectivity index (χ2n) is 32.3. The molecule has 0 unspecified atom stereocenters. The Morgan fingerprint density at radius 3 is 1.22 bits per heavy atom. The van der Waals surface area contributed by atoms with Crippen LogP contribution < -0.4 is 36.0 Å². The molecule has 16 aromatic carbocycles. The molecular formula is C113H84BClN12. The highest BCUT2D eigenvalue weighted by atomic mass is 35.5. The SMILES string of the molecule is C.Clc1c(N(Cc2ccccc2)c2ccc(-c3nc4ccccc4n3-c3ccccc3)cc2)cccc1N(Cc1ccccc1)c1ccc2c(c1)c1ccccc1n2-c1ccccn1.c1ccc(CN2c3ccc(-c4nc5ccccc5n4-c4ccccc4)cc3B3c4cc5c(cc4N(Cc4ccccc4)c4cccc2c43)c2ccccc2n5-c2ccccn2)cc1. The normalized spacial score (nSPS) is 12.0. The van der Waals surface area contributed by atoms with Gasteiger partial charge in [0.15, 0.2) is 0 Å². The van der Waals surface area contributed by atoms with Gasteiger partial charge < -0.3 is 19.6 Å². The molecule has 2 aliphatic rings. The Labute approximate surface area is 742 Å². The molecule has 606 valence electrons. The third-order valence-corrected chi connectivity index (χ3v) is 25.2. The molecule has 0 spiro atoms. The minimum atomic E-state index is -0.0747. The van der Waals surface area contributed by atoms with E-state index in [-0.39, 0.29) is 14.1 Å². The van der Waals surface area contributed by atoms with E-state index in [9.17, 15) is 0 Å². The number of para-hydroxylation sites is 8. The lowest BCUT2D eigenvalue weighted by molar-refractivity contribution is 0.959. The maximum absolute atomic E-state index is 7.78. The first-order valence-corrected chi connectivity index (χ1v) is 43.2. The smallest absolute Gasteiger partial charge is 0.252 e. The molecule has 0 atom stereocenters. The highest BCUT2D eigenvalue weighted by Crippen LogP contribution is 2.47. The fraction of sp³-hybridized carbons (Fsp3) is 0.0442. The molecule has 8 heterocycles. The quantitative estimate of drug-likeness (QED) is 0.0786. The summed E-state index contributed by atoms with van der Waals surface area (Å²) in [5.74, 6) is 3.60. The predicted octanol–water partition coefficient (Wildman–Crippen LogP) is 26.2. The molecule has 0 fully saturated rings. The van der Waals surface area contributed by atoms with E-state index in [0.29, 0.717) is 18.1 Å². The Balaban J connectivity index is 0.000000149. The van der Waals surface area contributed by atoms with Gasteiger partial charge in [0.2, 0.25) is 0 Å². The van der Waals surface area contributed by atoms with Crippen molar-refractivity contribution in [3.8, 4) is 45.8 Å².